The summed E-state index contributed by atoms with van der Waals surface area (Å²) < 4.78 is 5.37. The Bertz CT molecular complexity index is 415. The molecule has 0 aromatic rings. The number of ether oxygens (including phenoxy) is 1. The van der Waals surface area contributed by atoms with Crippen LogP contribution in [0, 0.1) is 35.5 Å². The molecule has 2 nitrogen and oxygen atoms in total. The first kappa shape index (κ1) is 12.4. The molecule has 0 spiro atoms. The van der Waals surface area contributed by atoms with E-state index in [0.29, 0.717) is 6.61 Å². The van der Waals surface area contributed by atoms with Gasteiger partial charge < -0.3 is 9.84 Å². The van der Waals surface area contributed by atoms with Crippen LogP contribution < -0.4 is 0 Å². The van der Waals surface area contributed by atoms with Gasteiger partial charge in [-0.1, -0.05) is 11.8 Å². The lowest BCUT2D eigenvalue weighted by Gasteiger charge is -2.25. The zero-order chi connectivity index (χ0) is 11.6. The minimum absolute atomic E-state index is 0.230. The van der Waals surface area contributed by atoms with Crippen LogP contribution in [-0.2, 0) is 4.74 Å². The molecule has 0 radical (unpaired) electrons. The van der Waals surface area contributed by atoms with Gasteiger partial charge in [0.1, 0.15) is 6.10 Å². The Hall–Kier alpha value is -1.66. The van der Waals surface area contributed by atoms with E-state index in [2.05, 4.69) is 35.5 Å². The second kappa shape index (κ2) is 7.61. The maximum atomic E-state index is 9.57. The largest absolute Gasteiger partial charge is 0.390 e. The van der Waals surface area contributed by atoms with Crippen LogP contribution >= 0.6 is 0 Å². The van der Waals surface area contributed by atoms with Crippen molar-refractivity contribution in [1.29, 1.82) is 0 Å². The summed E-state index contributed by atoms with van der Waals surface area (Å²) in [5.74, 6) is 15.8. The molecule has 0 aliphatic carbocycles. The Balaban J connectivity index is 2.41. The number of allylic oxidation sites excluding steroid dienone is 1. The summed E-state index contributed by atoms with van der Waals surface area (Å²) in [5, 5.41) is 9.57. The molecule has 0 bridgehead atoms. The van der Waals surface area contributed by atoms with E-state index in [9.17, 15) is 5.11 Å². The number of hydrogen-bond acceptors (Lipinski definition) is 2. The van der Waals surface area contributed by atoms with Gasteiger partial charge in [0.15, 0.2) is 0 Å². The average molecular weight is 214 g/mol. The molecule has 82 valence electrons. The standard InChI is InChI=1S/C14H14O2/c1-2-3-4-5-6-7-8-11-14-13(15)10-9-12-16-14/h8,11,13-15H,9-10,12H2,1H3/t13-,14+/m0/s1. The highest BCUT2D eigenvalue weighted by molar-refractivity contribution is 5.37. The summed E-state index contributed by atoms with van der Waals surface area (Å²) in [4.78, 5) is 0. The summed E-state index contributed by atoms with van der Waals surface area (Å²) in [7, 11) is 0. The average Bonchev–Trinajstić information content (AvgIpc) is 2.30. The summed E-state index contributed by atoms with van der Waals surface area (Å²) in [5.41, 5.74) is 0. The van der Waals surface area contributed by atoms with Crippen molar-refractivity contribution in [2.45, 2.75) is 32.0 Å². The highest BCUT2D eigenvalue weighted by Crippen LogP contribution is 2.14. The molecule has 0 aromatic heterocycles. The maximum absolute atomic E-state index is 9.57. The molecule has 1 N–H and O–H groups in total. The molecule has 1 heterocycles. The van der Waals surface area contributed by atoms with Gasteiger partial charge in [-0.05, 0) is 55.6 Å². The minimum Gasteiger partial charge on any atom is -0.390 e. The number of rotatable bonds is 1. The highest BCUT2D eigenvalue weighted by Gasteiger charge is 2.20. The van der Waals surface area contributed by atoms with Gasteiger partial charge in [0.25, 0.3) is 0 Å². The van der Waals surface area contributed by atoms with Crippen molar-refractivity contribution >= 4 is 0 Å². The Kier molecular flexibility index (Phi) is 5.90. The lowest BCUT2D eigenvalue weighted by Crippen LogP contribution is -2.32. The zero-order valence-electron chi connectivity index (χ0n) is 9.29. The lowest BCUT2D eigenvalue weighted by molar-refractivity contribution is -0.0483. The molecule has 1 aliphatic heterocycles. The van der Waals surface area contributed by atoms with E-state index in [0.717, 1.165) is 12.8 Å². The van der Waals surface area contributed by atoms with E-state index >= 15 is 0 Å². The molecule has 1 fully saturated rings. The molecular weight excluding hydrogens is 200 g/mol. The van der Waals surface area contributed by atoms with Crippen LogP contribution in [0.2, 0.25) is 0 Å². The maximum Gasteiger partial charge on any atom is 0.102 e. The molecule has 1 rings (SSSR count). The topological polar surface area (TPSA) is 29.5 Å². The Morgan fingerprint density at radius 1 is 1.25 bits per heavy atom. The van der Waals surface area contributed by atoms with Crippen molar-refractivity contribution < 1.29 is 9.84 Å². The quantitative estimate of drug-likeness (QED) is 0.663. The smallest absolute Gasteiger partial charge is 0.102 e. The fraction of sp³-hybridized carbons (Fsp3) is 0.429. The van der Waals surface area contributed by atoms with Crippen molar-refractivity contribution in [2.24, 2.45) is 0 Å². The van der Waals surface area contributed by atoms with Crippen molar-refractivity contribution in [1.82, 2.24) is 0 Å². The Morgan fingerprint density at radius 3 is 2.81 bits per heavy atom. The van der Waals surface area contributed by atoms with Gasteiger partial charge in [-0.2, -0.15) is 0 Å². The molecule has 0 aromatic carbocycles. The van der Waals surface area contributed by atoms with E-state index in [4.69, 9.17) is 4.74 Å². The third-order valence-corrected chi connectivity index (χ3v) is 2.09. The lowest BCUT2D eigenvalue weighted by atomic mass is 10.1. The van der Waals surface area contributed by atoms with E-state index < -0.39 is 6.10 Å². The van der Waals surface area contributed by atoms with Gasteiger partial charge in [0, 0.05) is 6.61 Å². The summed E-state index contributed by atoms with van der Waals surface area (Å²) in [6.45, 7) is 2.43. The first-order chi connectivity index (χ1) is 7.84. The second-order valence-corrected chi connectivity index (χ2v) is 3.30. The molecule has 0 saturated carbocycles. The summed E-state index contributed by atoms with van der Waals surface area (Å²) >= 11 is 0. The van der Waals surface area contributed by atoms with Gasteiger partial charge >= 0.3 is 0 Å². The minimum atomic E-state index is -0.413. The molecule has 0 amide bonds. The first-order valence-corrected chi connectivity index (χ1v) is 5.23. The normalized spacial score (nSPS) is 23.4. The zero-order valence-corrected chi connectivity index (χ0v) is 9.29. The Morgan fingerprint density at radius 2 is 2.06 bits per heavy atom. The van der Waals surface area contributed by atoms with E-state index in [1.807, 2.05) is 0 Å². The van der Waals surface area contributed by atoms with Crippen molar-refractivity contribution in [2.75, 3.05) is 6.61 Å². The SMILES string of the molecule is CC#CC#CC#CC=C[C@H]1OCCC[C@@H]1O. The van der Waals surface area contributed by atoms with Crippen LogP contribution in [0.5, 0.6) is 0 Å². The van der Waals surface area contributed by atoms with Gasteiger partial charge in [-0.15, -0.1) is 0 Å². The van der Waals surface area contributed by atoms with Gasteiger partial charge in [-0.3, -0.25) is 0 Å². The molecule has 16 heavy (non-hydrogen) atoms. The fourth-order valence-electron chi connectivity index (χ4n) is 1.32. The van der Waals surface area contributed by atoms with Crippen molar-refractivity contribution in [3.05, 3.63) is 12.2 Å². The van der Waals surface area contributed by atoms with E-state index in [-0.39, 0.29) is 6.10 Å². The van der Waals surface area contributed by atoms with Crippen molar-refractivity contribution in [3.8, 4) is 35.5 Å². The second-order valence-electron chi connectivity index (χ2n) is 3.30. The third kappa shape index (κ3) is 4.72. The van der Waals surface area contributed by atoms with Gasteiger partial charge in [-0.25, -0.2) is 0 Å². The van der Waals surface area contributed by atoms with E-state index in [1.54, 1.807) is 19.1 Å². The highest BCUT2D eigenvalue weighted by atomic mass is 16.5. The predicted octanol–water partition coefficient (Wildman–Crippen LogP) is 1.11. The molecule has 1 saturated heterocycles. The van der Waals surface area contributed by atoms with Crippen LogP contribution in [0.15, 0.2) is 12.2 Å². The van der Waals surface area contributed by atoms with Crippen LogP contribution in [0.1, 0.15) is 19.8 Å². The molecule has 2 atom stereocenters. The van der Waals surface area contributed by atoms with Crippen molar-refractivity contribution in [3.63, 3.8) is 0 Å². The van der Waals surface area contributed by atoms with Gasteiger partial charge in [0.05, 0.1) is 6.10 Å². The molecule has 0 unspecified atom stereocenters. The molecule has 2 heteroatoms. The molecule has 1 aliphatic rings. The fourth-order valence-corrected chi connectivity index (χ4v) is 1.32. The predicted molar refractivity (Wildman–Crippen MR) is 63.1 cm³/mol. The first-order valence-electron chi connectivity index (χ1n) is 5.23. The number of hydrogen-bond donors (Lipinski definition) is 1. The summed E-state index contributed by atoms with van der Waals surface area (Å²) in [6, 6.07) is 0. The monoisotopic (exact) mass is 214 g/mol. The summed E-state index contributed by atoms with van der Waals surface area (Å²) in [6.07, 6.45) is 4.49. The van der Waals surface area contributed by atoms with Crippen LogP contribution in [0.25, 0.3) is 0 Å². The third-order valence-electron chi connectivity index (χ3n) is 2.09. The molecular formula is C14H14O2. The Labute approximate surface area is 96.7 Å². The van der Waals surface area contributed by atoms with E-state index in [1.165, 1.54) is 0 Å². The van der Waals surface area contributed by atoms with Crippen LogP contribution in [0.3, 0.4) is 0 Å². The number of aliphatic hydroxyl groups excluding tert-OH is 1. The van der Waals surface area contributed by atoms with Gasteiger partial charge in [0.2, 0.25) is 0 Å². The van der Waals surface area contributed by atoms with Crippen LogP contribution in [0.4, 0.5) is 0 Å². The van der Waals surface area contributed by atoms with Crippen LogP contribution in [-0.4, -0.2) is 23.9 Å². The number of aliphatic hydroxyl groups is 1.